The molecule has 32 nitrogen and oxygen atoms in total. The molecule has 46 heteroatoms. The lowest BCUT2D eigenvalue weighted by Crippen LogP contribution is -2.58. The molecule has 2 atom stereocenters. The van der Waals surface area contributed by atoms with Crippen molar-refractivity contribution in [2.45, 2.75) is 61.8 Å². The molecule has 10 N–H and O–H groups in total. The first-order chi connectivity index (χ1) is 50.7. The van der Waals surface area contributed by atoms with Crippen LogP contribution in [-0.4, -0.2) is 356 Å². The Labute approximate surface area is 685 Å². The molecule has 0 amide bonds. The molecule has 2 unspecified atom stereocenters. The Balaban J connectivity index is -0.000000378. The molecule has 0 aliphatic carbocycles. The minimum absolute atomic E-state index is 0. The monoisotopic (exact) mass is 1760 g/mol. The summed E-state index contributed by atoms with van der Waals surface area (Å²) in [7, 11) is 0. The molecule has 2 bridgehead atoms. The number of carboxylic acid groups (broad SMARTS) is 3. The van der Waals surface area contributed by atoms with Crippen LogP contribution in [0.4, 0.5) is 0 Å². The molecule has 0 radical (unpaired) electrons. The average Bonchev–Trinajstić information content (AvgIpc) is 0.868. The third kappa shape index (κ3) is 95.9. The lowest BCUT2D eigenvalue weighted by molar-refractivity contribution is -0.135. The van der Waals surface area contributed by atoms with Crippen LogP contribution >= 0.6 is 165 Å². The zero-order valence-electron chi connectivity index (χ0n) is 61.2. The number of carboxylic acids is 3. The third-order valence-electron chi connectivity index (χ3n) is 11.3. The summed E-state index contributed by atoms with van der Waals surface area (Å²) in [6, 6.07) is 0. The van der Waals surface area contributed by atoms with Gasteiger partial charge in [-0.25, -0.2) is 0 Å². The van der Waals surface area contributed by atoms with E-state index in [1.54, 1.807) is 23.5 Å². The Bertz CT molecular complexity index is 1900. The molecule has 0 saturated carbocycles. The van der Waals surface area contributed by atoms with Gasteiger partial charge >= 0.3 is 17.9 Å². The van der Waals surface area contributed by atoms with Gasteiger partial charge in [-0.2, -0.15) is 0 Å². The van der Waals surface area contributed by atoms with E-state index in [9.17, 15) is 43.2 Å². The fraction of sp³-hybridized carbons (Fsp3) is 0.847. The second-order valence-electron chi connectivity index (χ2n) is 19.7. The van der Waals surface area contributed by atoms with Gasteiger partial charge in [-0.1, -0.05) is 49.0 Å². The fourth-order valence-electron chi connectivity index (χ4n) is 7.18. The molecule has 3 fully saturated rings. The van der Waals surface area contributed by atoms with Crippen LogP contribution in [0.2, 0.25) is 0 Å². The van der Waals surface area contributed by atoms with Gasteiger partial charge in [0, 0.05) is 129 Å². The predicted octanol–water partition coefficient (Wildman–Crippen LogP) is 6.09. The Hall–Kier alpha value is -0.430. The first kappa shape index (κ1) is 113. The maximum absolute atomic E-state index is 10.5. The number of thioether (sulfide) groups is 14. The van der Waals surface area contributed by atoms with Crippen molar-refractivity contribution >= 4 is 221 Å². The number of carbonyl (C=O) groups excluding carboxylic acids is 6. The van der Waals surface area contributed by atoms with E-state index in [-0.39, 0.29) is 24.7 Å². The van der Waals surface area contributed by atoms with Crippen LogP contribution in [0.3, 0.4) is 0 Å². The highest BCUT2D eigenvalue weighted by Gasteiger charge is 2.26. The van der Waals surface area contributed by atoms with E-state index >= 15 is 0 Å². The van der Waals surface area contributed by atoms with Crippen molar-refractivity contribution in [3.63, 3.8) is 0 Å². The van der Waals surface area contributed by atoms with Crippen LogP contribution in [0.25, 0.3) is 0 Å². The van der Waals surface area contributed by atoms with Gasteiger partial charge in [0.2, 0.25) is 0 Å². The number of aliphatic carboxylic acids is 3. The first-order valence-corrected chi connectivity index (χ1v) is 49.0. The van der Waals surface area contributed by atoms with Crippen molar-refractivity contribution in [2.24, 2.45) is 0 Å². The summed E-state index contributed by atoms with van der Waals surface area (Å²) in [5, 5.41) is 48.1. The molecule has 105 heavy (non-hydrogen) atoms. The molecular weight excluding hydrogens is 1640 g/mol. The van der Waals surface area contributed by atoms with Crippen molar-refractivity contribution in [3.8, 4) is 0 Å². The van der Waals surface area contributed by atoms with Gasteiger partial charge in [-0.15, -0.1) is 165 Å². The highest BCUT2D eigenvalue weighted by molar-refractivity contribution is 8.02. The SMILES string of the molecule is C.CCSCN(CNCNCNCSCOC=O)CSCC(=O)O.CCSCN(CSCOC=O)CSCOC=O.CCSCN1CCCN(CNCSCC(=O)O)C1.CCSCNCNCSCOC=O.CCSCNCSCOC=O.CCSCOC=O.O=C(O)CSCN1CN2CCCN(C2)C1. The van der Waals surface area contributed by atoms with Crippen molar-refractivity contribution in [3.05, 3.63) is 0 Å². The van der Waals surface area contributed by atoms with Crippen LogP contribution in [0, 0.1) is 0 Å². The van der Waals surface area contributed by atoms with Gasteiger partial charge in [-0.3, -0.25) is 115 Å². The summed E-state index contributed by atoms with van der Waals surface area (Å²) < 4.78 is 27.1. The fourth-order valence-corrected chi connectivity index (χ4v) is 15.6. The molecule has 3 rings (SSSR count). The highest BCUT2D eigenvalue weighted by Crippen LogP contribution is 2.17. The molecule has 0 spiro atoms. The van der Waals surface area contributed by atoms with Crippen molar-refractivity contribution in [1.29, 1.82) is 0 Å². The third-order valence-corrected chi connectivity index (χ3v) is 23.2. The smallest absolute Gasteiger partial charge is 0.313 e. The lowest BCUT2D eigenvalue weighted by atomic mass is 10.3. The van der Waals surface area contributed by atoms with Crippen LogP contribution in [0.5, 0.6) is 0 Å². The topological polar surface area (TPSA) is 377 Å². The van der Waals surface area contributed by atoms with Crippen LogP contribution in [0.15, 0.2) is 0 Å². The van der Waals surface area contributed by atoms with Gasteiger partial charge < -0.3 is 43.7 Å². The average molecular weight is 1770 g/mol. The summed E-state index contributed by atoms with van der Waals surface area (Å²) in [6.45, 7) is 27.8. The minimum Gasteiger partial charge on any atom is -0.481 e. The standard InChI is InChI=1S/C12H26N4O4S3.C11H23N3O2S2.C9H17N3O2S.C9H17NO4S3.C7H16N2O2S2.C6H13NO2S2.C4H8O2S.CH4/c1-2-21-8-16(9-22-3-12(18)19)6-14-4-13-5-15-7-23-11-20-10-17;1-2-17-10-14-5-3-4-13(9-14)7-12-8-18-6-11(15)16;13-9(14)4-15-8-12-6-10-2-1-3-11(5-10)7-12;1-2-15-3-10(4-16-8-13-6-11)5-17-9-14-7-12;1-2-12-4-8-3-9-5-13-7-11-6-10;1-2-10-3-7-4-11-6-9-5-8;1-2-7-4-6-3-5;/h10,13-15H,2-9,11H2,1H3,(H,18,19);12H,2-10H2,1H3,(H,15,16);1-8H2,(H,13,14);6-7H,2-5,8-9H2,1H3;6,8-9H,2-5,7H2,1H3;5,7H,2-4,6H2,1H3;3H,2,4H2,1H3;1H4. The van der Waals surface area contributed by atoms with Gasteiger partial charge in [0.25, 0.3) is 38.8 Å². The van der Waals surface area contributed by atoms with Gasteiger partial charge in [0.1, 0.15) is 35.6 Å². The van der Waals surface area contributed by atoms with Crippen LogP contribution in [0.1, 0.15) is 61.8 Å². The van der Waals surface area contributed by atoms with Crippen molar-refractivity contribution in [2.75, 3.05) is 250 Å². The van der Waals surface area contributed by atoms with Crippen molar-refractivity contribution < 1.29 is 86.9 Å². The summed E-state index contributed by atoms with van der Waals surface area (Å²) in [5.41, 5.74) is 0. The molecule has 3 aliphatic rings. The van der Waals surface area contributed by atoms with E-state index < -0.39 is 17.9 Å². The Kier molecular flexibility index (Phi) is 105. The zero-order chi connectivity index (χ0) is 77.5. The molecule has 3 saturated heterocycles. The molecule has 3 aliphatic heterocycles. The molecule has 0 aromatic rings. The Morgan fingerprint density at radius 2 is 0.714 bits per heavy atom. The maximum atomic E-state index is 10.5. The van der Waals surface area contributed by atoms with E-state index in [1.807, 2.05) is 65.7 Å². The number of nitrogens with one attached hydrogen (secondary N) is 7. The summed E-state index contributed by atoms with van der Waals surface area (Å²) in [4.78, 5) is 106. The van der Waals surface area contributed by atoms with E-state index in [1.165, 1.54) is 121 Å². The molecule has 3 heterocycles. The predicted molar refractivity (Wildman–Crippen MR) is 456 cm³/mol. The molecule has 0 aromatic heterocycles. The van der Waals surface area contributed by atoms with E-state index in [4.69, 9.17) is 15.3 Å². The summed E-state index contributed by atoms with van der Waals surface area (Å²) in [6.07, 6.45) is 2.48. The van der Waals surface area contributed by atoms with Gasteiger partial charge in [0.15, 0.2) is 0 Å². The molecule has 622 valence electrons. The first-order valence-electron chi connectivity index (χ1n) is 32.8. The normalized spacial score (nSPS) is 14.4. The Morgan fingerprint density at radius 3 is 1.20 bits per heavy atom. The molecular formula is C59H124N14O18S14. The second kappa shape index (κ2) is 97.8. The Morgan fingerprint density at radius 1 is 0.352 bits per heavy atom. The lowest BCUT2D eigenvalue weighted by Gasteiger charge is -2.45. The summed E-state index contributed by atoms with van der Waals surface area (Å²) in [5.74, 6) is 18.1. The minimum atomic E-state index is -0.782. The summed E-state index contributed by atoms with van der Waals surface area (Å²) >= 11 is 22.8. The highest BCUT2D eigenvalue weighted by atomic mass is 32.2. The number of ether oxygens (including phenoxy) is 6. The van der Waals surface area contributed by atoms with E-state index in [0.717, 1.165) is 134 Å². The number of hydrogen-bond donors (Lipinski definition) is 10. The number of hydrogen-bond acceptors (Lipinski definition) is 43. The largest absolute Gasteiger partial charge is 0.481 e. The number of fused-ring (bicyclic) bond motifs is 2. The number of carbonyl (C=O) groups is 9. The van der Waals surface area contributed by atoms with Crippen molar-refractivity contribution in [1.82, 2.24) is 71.5 Å². The number of nitrogens with zero attached hydrogens (tertiary/aromatic N) is 7. The van der Waals surface area contributed by atoms with E-state index in [2.05, 4.69) is 135 Å². The van der Waals surface area contributed by atoms with Gasteiger partial charge in [0.05, 0.1) is 50.6 Å². The maximum Gasteiger partial charge on any atom is 0.313 e. The second-order valence-corrected chi connectivity index (χ2v) is 34.7. The molecule has 0 aromatic carbocycles. The zero-order valence-corrected chi connectivity index (χ0v) is 72.6. The van der Waals surface area contributed by atoms with Crippen LogP contribution < -0.4 is 37.2 Å². The quantitative estimate of drug-likeness (QED) is 0.0142. The van der Waals surface area contributed by atoms with Gasteiger partial charge in [-0.05, 0) is 47.4 Å². The van der Waals surface area contributed by atoms with Crippen LogP contribution in [-0.2, 0) is 71.6 Å². The number of rotatable bonds is 66. The van der Waals surface area contributed by atoms with E-state index in [0.29, 0.717) is 112 Å².